The zero-order chi connectivity index (χ0) is 9.84. The van der Waals surface area contributed by atoms with Gasteiger partial charge in [-0.05, 0) is 31.8 Å². The van der Waals surface area contributed by atoms with E-state index in [0.29, 0.717) is 0 Å². The number of aliphatic carboxylic acids is 1. The van der Waals surface area contributed by atoms with Crippen molar-refractivity contribution in [1.82, 2.24) is 5.32 Å². The Morgan fingerprint density at radius 3 is 2.54 bits per heavy atom. The van der Waals surface area contributed by atoms with Gasteiger partial charge in [0.05, 0.1) is 0 Å². The lowest BCUT2D eigenvalue weighted by Gasteiger charge is -2.11. The fourth-order valence-corrected chi connectivity index (χ4v) is 1.16. The Morgan fingerprint density at radius 1 is 1.54 bits per heavy atom. The molecule has 0 spiro atoms. The third-order valence-electron chi connectivity index (χ3n) is 1.98. The molecule has 1 unspecified atom stereocenters. The lowest BCUT2D eigenvalue weighted by molar-refractivity contribution is -0.141. The molecular weight excluding hydrogens is 170 g/mol. The molecule has 0 bridgehead atoms. The van der Waals surface area contributed by atoms with E-state index in [4.69, 9.17) is 5.11 Å². The van der Waals surface area contributed by atoms with Gasteiger partial charge in [-0.2, -0.15) is 0 Å². The van der Waals surface area contributed by atoms with Crippen LogP contribution in [0.4, 0.5) is 0 Å². The molecule has 1 atom stereocenters. The summed E-state index contributed by atoms with van der Waals surface area (Å²) >= 11 is 0. The van der Waals surface area contributed by atoms with Gasteiger partial charge in [0.1, 0.15) is 6.04 Å². The van der Waals surface area contributed by atoms with Crippen LogP contribution in [0.15, 0.2) is 12.2 Å². The Balaban J connectivity index is 2.47. The molecule has 0 heterocycles. The predicted octanol–water partition coefficient (Wildman–Crippen LogP) is 0.542. The maximum Gasteiger partial charge on any atom is 0.326 e. The average Bonchev–Trinajstić information content (AvgIpc) is 2.82. The molecule has 13 heavy (non-hydrogen) atoms. The van der Waals surface area contributed by atoms with E-state index in [1.54, 1.807) is 13.0 Å². The van der Waals surface area contributed by atoms with E-state index in [9.17, 15) is 9.59 Å². The number of carbonyl (C=O) groups is 2. The molecule has 1 aliphatic carbocycles. The first kappa shape index (κ1) is 9.77. The zero-order valence-corrected chi connectivity index (χ0v) is 7.49. The Kier molecular flexibility index (Phi) is 3.06. The molecule has 4 nitrogen and oxygen atoms in total. The molecule has 0 saturated heterocycles. The number of amides is 1. The van der Waals surface area contributed by atoms with Gasteiger partial charge in [-0.25, -0.2) is 4.79 Å². The van der Waals surface area contributed by atoms with Crippen LogP contribution in [0.3, 0.4) is 0 Å². The van der Waals surface area contributed by atoms with Crippen LogP contribution in [-0.4, -0.2) is 23.0 Å². The van der Waals surface area contributed by atoms with Crippen molar-refractivity contribution in [2.75, 3.05) is 0 Å². The first-order valence-corrected chi connectivity index (χ1v) is 4.31. The second kappa shape index (κ2) is 4.07. The standard InChI is InChI=1S/C9H13NO3/c1-2-3-7(11)10-8(9(12)13)6-4-5-6/h2-3,6,8H,4-5H2,1H3,(H,10,11)(H,12,13). The molecule has 1 amide bonds. The maximum absolute atomic E-state index is 11.0. The molecule has 1 rings (SSSR count). The molecule has 2 N–H and O–H groups in total. The molecular formula is C9H13NO3. The number of rotatable bonds is 4. The third-order valence-corrected chi connectivity index (χ3v) is 1.98. The van der Waals surface area contributed by atoms with Crippen LogP contribution in [0.5, 0.6) is 0 Å². The van der Waals surface area contributed by atoms with Crippen LogP contribution in [0.1, 0.15) is 19.8 Å². The number of carbonyl (C=O) groups excluding carboxylic acids is 1. The molecule has 4 heteroatoms. The van der Waals surface area contributed by atoms with Gasteiger partial charge in [-0.1, -0.05) is 6.08 Å². The molecule has 0 radical (unpaired) electrons. The van der Waals surface area contributed by atoms with Crippen LogP contribution < -0.4 is 5.32 Å². The summed E-state index contributed by atoms with van der Waals surface area (Å²) in [4.78, 5) is 21.7. The van der Waals surface area contributed by atoms with E-state index < -0.39 is 12.0 Å². The van der Waals surface area contributed by atoms with Gasteiger partial charge in [-0.3, -0.25) is 4.79 Å². The Hall–Kier alpha value is -1.32. The summed E-state index contributed by atoms with van der Waals surface area (Å²) in [5.41, 5.74) is 0. The fraction of sp³-hybridized carbons (Fsp3) is 0.556. The van der Waals surface area contributed by atoms with Crippen molar-refractivity contribution < 1.29 is 14.7 Å². The van der Waals surface area contributed by atoms with Gasteiger partial charge in [0.15, 0.2) is 0 Å². The number of carboxylic acids is 1. The summed E-state index contributed by atoms with van der Waals surface area (Å²) < 4.78 is 0. The second-order valence-corrected chi connectivity index (χ2v) is 3.16. The quantitative estimate of drug-likeness (QED) is 0.625. The summed E-state index contributed by atoms with van der Waals surface area (Å²) in [5, 5.41) is 11.2. The number of nitrogens with one attached hydrogen (secondary N) is 1. The van der Waals surface area contributed by atoms with Crippen molar-refractivity contribution in [3.05, 3.63) is 12.2 Å². The molecule has 0 aliphatic heterocycles. The molecule has 0 aromatic heterocycles. The summed E-state index contributed by atoms with van der Waals surface area (Å²) in [6.07, 6.45) is 4.71. The molecule has 1 aliphatic rings. The van der Waals surface area contributed by atoms with Gasteiger partial charge in [-0.15, -0.1) is 0 Å². The van der Waals surface area contributed by atoms with Crippen LogP contribution >= 0.6 is 0 Å². The molecule has 72 valence electrons. The third kappa shape index (κ3) is 2.89. The van der Waals surface area contributed by atoms with Crippen molar-refractivity contribution in [2.24, 2.45) is 5.92 Å². The van der Waals surface area contributed by atoms with Crippen molar-refractivity contribution in [2.45, 2.75) is 25.8 Å². The van der Waals surface area contributed by atoms with Crippen molar-refractivity contribution in [1.29, 1.82) is 0 Å². The normalized spacial score (nSPS) is 18.5. The second-order valence-electron chi connectivity index (χ2n) is 3.16. The monoisotopic (exact) mass is 183 g/mol. The lowest BCUT2D eigenvalue weighted by atomic mass is 10.2. The summed E-state index contributed by atoms with van der Waals surface area (Å²) in [6, 6.07) is -0.705. The van der Waals surface area contributed by atoms with E-state index in [-0.39, 0.29) is 11.8 Å². The van der Waals surface area contributed by atoms with Gasteiger partial charge in [0.2, 0.25) is 5.91 Å². The van der Waals surface area contributed by atoms with Crippen molar-refractivity contribution >= 4 is 11.9 Å². The van der Waals surface area contributed by atoms with Crippen LogP contribution in [0.2, 0.25) is 0 Å². The van der Waals surface area contributed by atoms with Gasteiger partial charge in [0, 0.05) is 0 Å². The van der Waals surface area contributed by atoms with Crippen molar-refractivity contribution in [3.8, 4) is 0 Å². The van der Waals surface area contributed by atoms with Gasteiger partial charge in [0.25, 0.3) is 0 Å². The largest absolute Gasteiger partial charge is 0.480 e. The molecule has 1 saturated carbocycles. The molecule has 1 fully saturated rings. The van der Waals surface area contributed by atoms with E-state index in [1.165, 1.54) is 6.08 Å². The number of allylic oxidation sites excluding steroid dienone is 1. The highest BCUT2D eigenvalue weighted by Crippen LogP contribution is 2.32. The molecule has 0 aromatic rings. The number of hydrogen-bond donors (Lipinski definition) is 2. The zero-order valence-electron chi connectivity index (χ0n) is 7.49. The maximum atomic E-state index is 11.0. The SMILES string of the molecule is CC=CC(=O)NC(C(=O)O)C1CC1. The van der Waals surface area contributed by atoms with E-state index in [1.807, 2.05) is 0 Å². The van der Waals surface area contributed by atoms with E-state index >= 15 is 0 Å². The summed E-state index contributed by atoms with van der Waals surface area (Å²) in [7, 11) is 0. The van der Waals surface area contributed by atoms with Crippen LogP contribution in [-0.2, 0) is 9.59 Å². The predicted molar refractivity (Wildman–Crippen MR) is 47.1 cm³/mol. The van der Waals surface area contributed by atoms with E-state index in [0.717, 1.165) is 12.8 Å². The Bertz CT molecular complexity index is 243. The highest BCUT2D eigenvalue weighted by molar-refractivity contribution is 5.91. The topological polar surface area (TPSA) is 66.4 Å². The van der Waals surface area contributed by atoms with Crippen molar-refractivity contribution in [3.63, 3.8) is 0 Å². The highest BCUT2D eigenvalue weighted by Gasteiger charge is 2.36. The first-order chi connectivity index (χ1) is 6.15. The lowest BCUT2D eigenvalue weighted by Crippen LogP contribution is -2.41. The number of hydrogen-bond acceptors (Lipinski definition) is 2. The average molecular weight is 183 g/mol. The minimum absolute atomic E-state index is 0.131. The van der Waals surface area contributed by atoms with Gasteiger partial charge < -0.3 is 10.4 Å². The van der Waals surface area contributed by atoms with Crippen LogP contribution in [0.25, 0.3) is 0 Å². The smallest absolute Gasteiger partial charge is 0.326 e. The minimum atomic E-state index is -0.944. The van der Waals surface area contributed by atoms with Gasteiger partial charge >= 0.3 is 5.97 Å². The first-order valence-electron chi connectivity index (χ1n) is 4.31. The van der Waals surface area contributed by atoms with E-state index in [2.05, 4.69) is 5.32 Å². The Labute approximate surface area is 76.6 Å². The fourth-order valence-electron chi connectivity index (χ4n) is 1.16. The highest BCUT2D eigenvalue weighted by atomic mass is 16.4. The summed E-state index contributed by atoms with van der Waals surface area (Å²) in [6.45, 7) is 1.71. The minimum Gasteiger partial charge on any atom is -0.480 e. The summed E-state index contributed by atoms with van der Waals surface area (Å²) in [5.74, 6) is -1.14. The number of carboxylic acid groups (broad SMARTS) is 1. The molecule has 0 aromatic carbocycles. The van der Waals surface area contributed by atoms with Crippen LogP contribution in [0, 0.1) is 5.92 Å². The Morgan fingerprint density at radius 2 is 2.15 bits per heavy atom.